The molecule has 0 spiro atoms. The molecule has 0 aliphatic carbocycles. The zero-order chi connectivity index (χ0) is 22.6. The molecule has 1 amide bonds. The second-order valence-electron chi connectivity index (χ2n) is 9.18. The molecule has 170 valence electrons. The normalized spacial score (nSPS) is 18.5. The number of fused-ring (bicyclic) bond motifs is 1. The highest BCUT2D eigenvalue weighted by Gasteiger charge is 2.32. The number of likely N-dealkylation sites (tertiary alicyclic amines) is 1. The SMILES string of the molecule is Cc1nc([C@H]2CCCN2CCc2ccccc2)nc2c1CCC(=O)N2CCc1ccccc1. The van der Waals surface area contributed by atoms with Crippen LogP contribution >= 0.6 is 0 Å². The van der Waals surface area contributed by atoms with Gasteiger partial charge in [0.2, 0.25) is 5.91 Å². The summed E-state index contributed by atoms with van der Waals surface area (Å²) in [5, 5.41) is 0. The van der Waals surface area contributed by atoms with Crippen molar-refractivity contribution in [2.45, 2.75) is 51.5 Å². The molecule has 33 heavy (non-hydrogen) atoms. The molecule has 1 atom stereocenters. The van der Waals surface area contributed by atoms with E-state index in [0.29, 0.717) is 13.0 Å². The monoisotopic (exact) mass is 440 g/mol. The van der Waals surface area contributed by atoms with Gasteiger partial charge < -0.3 is 0 Å². The van der Waals surface area contributed by atoms with Gasteiger partial charge in [0.1, 0.15) is 11.6 Å². The Labute approximate surface area is 196 Å². The molecule has 0 saturated carbocycles. The van der Waals surface area contributed by atoms with Gasteiger partial charge in [-0.25, -0.2) is 9.97 Å². The molecule has 2 aromatic carbocycles. The van der Waals surface area contributed by atoms with Crippen molar-refractivity contribution in [1.29, 1.82) is 0 Å². The molecule has 0 bridgehead atoms. The number of hydrogen-bond donors (Lipinski definition) is 0. The minimum absolute atomic E-state index is 0.176. The molecular weight excluding hydrogens is 408 g/mol. The van der Waals surface area contributed by atoms with E-state index < -0.39 is 0 Å². The topological polar surface area (TPSA) is 49.3 Å². The van der Waals surface area contributed by atoms with Crippen LogP contribution in [0.2, 0.25) is 0 Å². The van der Waals surface area contributed by atoms with Gasteiger partial charge >= 0.3 is 0 Å². The number of carbonyl (C=O) groups excluding carboxylic acids is 1. The third-order valence-corrected chi connectivity index (χ3v) is 7.01. The van der Waals surface area contributed by atoms with E-state index in [0.717, 1.165) is 68.1 Å². The van der Waals surface area contributed by atoms with Gasteiger partial charge in [-0.3, -0.25) is 14.6 Å². The molecule has 5 nitrogen and oxygen atoms in total. The third kappa shape index (κ3) is 4.83. The van der Waals surface area contributed by atoms with E-state index >= 15 is 0 Å². The van der Waals surface area contributed by atoms with Crippen molar-refractivity contribution >= 4 is 11.7 Å². The zero-order valence-corrected chi connectivity index (χ0v) is 19.4. The Hall–Kier alpha value is -3.05. The summed E-state index contributed by atoms with van der Waals surface area (Å²) in [5.41, 5.74) is 4.78. The first-order valence-electron chi connectivity index (χ1n) is 12.2. The molecule has 2 aliphatic heterocycles. The van der Waals surface area contributed by atoms with Crippen LogP contribution in [0.5, 0.6) is 0 Å². The lowest BCUT2D eigenvalue weighted by Gasteiger charge is -2.31. The lowest BCUT2D eigenvalue weighted by Crippen LogP contribution is -2.38. The highest BCUT2D eigenvalue weighted by Crippen LogP contribution is 2.34. The van der Waals surface area contributed by atoms with Gasteiger partial charge in [-0.2, -0.15) is 0 Å². The summed E-state index contributed by atoms with van der Waals surface area (Å²) in [4.78, 5) is 27.4. The van der Waals surface area contributed by atoms with Crippen LogP contribution in [0.25, 0.3) is 0 Å². The van der Waals surface area contributed by atoms with Crippen LogP contribution in [0.4, 0.5) is 5.82 Å². The number of benzene rings is 2. The number of rotatable bonds is 7. The first-order chi connectivity index (χ1) is 16.2. The Morgan fingerprint density at radius 3 is 2.24 bits per heavy atom. The van der Waals surface area contributed by atoms with Gasteiger partial charge in [0.05, 0.1) is 6.04 Å². The van der Waals surface area contributed by atoms with Crippen LogP contribution < -0.4 is 4.90 Å². The molecule has 2 aliphatic rings. The van der Waals surface area contributed by atoms with Crippen LogP contribution in [-0.2, 0) is 24.1 Å². The lowest BCUT2D eigenvalue weighted by atomic mass is 10.0. The van der Waals surface area contributed by atoms with Gasteiger partial charge in [-0.05, 0) is 56.7 Å². The van der Waals surface area contributed by atoms with Gasteiger partial charge in [-0.1, -0.05) is 60.7 Å². The minimum atomic E-state index is 0.176. The Morgan fingerprint density at radius 2 is 1.55 bits per heavy atom. The Kier molecular flexibility index (Phi) is 6.49. The number of nitrogens with zero attached hydrogens (tertiary/aromatic N) is 4. The van der Waals surface area contributed by atoms with Crippen molar-refractivity contribution in [2.24, 2.45) is 0 Å². The molecule has 5 heteroatoms. The zero-order valence-electron chi connectivity index (χ0n) is 19.4. The van der Waals surface area contributed by atoms with Crippen molar-refractivity contribution in [1.82, 2.24) is 14.9 Å². The van der Waals surface area contributed by atoms with E-state index in [9.17, 15) is 4.79 Å². The van der Waals surface area contributed by atoms with Gasteiger partial charge in [-0.15, -0.1) is 0 Å². The number of hydrogen-bond acceptors (Lipinski definition) is 4. The van der Waals surface area contributed by atoms with Gasteiger partial charge in [0.15, 0.2) is 0 Å². The van der Waals surface area contributed by atoms with E-state index in [1.54, 1.807) is 0 Å². The van der Waals surface area contributed by atoms with Crippen LogP contribution in [0, 0.1) is 6.92 Å². The summed E-state index contributed by atoms with van der Waals surface area (Å²) in [6, 6.07) is 21.3. The maximum Gasteiger partial charge on any atom is 0.228 e. The van der Waals surface area contributed by atoms with Crippen molar-refractivity contribution in [3.05, 3.63) is 88.9 Å². The second kappa shape index (κ2) is 9.84. The number of amides is 1. The number of anilines is 1. The standard InChI is InChI=1S/C28H32N4O/c1-21-24-14-15-26(33)32(20-17-23-11-6-3-7-12-23)28(24)30-27(29-21)25-13-8-18-31(25)19-16-22-9-4-2-5-10-22/h2-7,9-12,25H,8,13-20H2,1H3/t25-/m1/s1. The Morgan fingerprint density at radius 1 is 0.879 bits per heavy atom. The molecule has 1 saturated heterocycles. The smallest absolute Gasteiger partial charge is 0.228 e. The summed E-state index contributed by atoms with van der Waals surface area (Å²) in [7, 11) is 0. The van der Waals surface area contributed by atoms with Gasteiger partial charge in [0, 0.05) is 30.8 Å². The maximum atomic E-state index is 12.9. The average molecular weight is 441 g/mol. The molecule has 0 radical (unpaired) electrons. The summed E-state index contributed by atoms with van der Waals surface area (Å²) in [5.74, 6) is 1.91. The summed E-state index contributed by atoms with van der Waals surface area (Å²) in [6.07, 6.45) is 5.38. The van der Waals surface area contributed by atoms with Gasteiger partial charge in [0.25, 0.3) is 0 Å². The van der Waals surface area contributed by atoms with Crippen molar-refractivity contribution in [2.75, 3.05) is 24.5 Å². The summed E-state index contributed by atoms with van der Waals surface area (Å²) >= 11 is 0. The number of aromatic nitrogens is 2. The largest absolute Gasteiger partial charge is 0.296 e. The fourth-order valence-corrected chi connectivity index (χ4v) is 5.17. The van der Waals surface area contributed by atoms with E-state index in [-0.39, 0.29) is 11.9 Å². The highest BCUT2D eigenvalue weighted by atomic mass is 16.2. The fourth-order valence-electron chi connectivity index (χ4n) is 5.17. The quantitative estimate of drug-likeness (QED) is 0.535. The third-order valence-electron chi connectivity index (χ3n) is 7.01. The van der Waals surface area contributed by atoms with E-state index in [1.807, 2.05) is 11.0 Å². The Balaban J connectivity index is 1.37. The second-order valence-corrected chi connectivity index (χ2v) is 9.18. The van der Waals surface area contributed by atoms with Crippen LogP contribution in [-0.4, -0.2) is 40.4 Å². The van der Waals surface area contributed by atoms with Crippen molar-refractivity contribution < 1.29 is 4.79 Å². The highest BCUT2D eigenvalue weighted by molar-refractivity contribution is 5.95. The number of aryl methyl sites for hydroxylation is 1. The minimum Gasteiger partial charge on any atom is -0.296 e. The molecular formula is C28H32N4O. The molecule has 5 rings (SSSR count). The summed E-state index contributed by atoms with van der Waals surface area (Å²) in [6.45, 7) is 4.82. The van der Waals surface area contributed by atoms with Crippen molar-refractivity contribution in [3.8, 4) is 0 Å². The predicted octanol–water partition coefficient (Wildman–Crippen LogP) is 4.69. The molecule has 0 unspecified atom stereocenters. The maximum absolute atomic E-state index is 12.9. The number of carbonyl (C=O) groups is 1. The fraction of sp³-hybridized carbons (Fsp3) is 0.393. The van der Waals surface area contributed by atoms with E-state index in [4.69, 9.17) is 9.97 Å². The molecule has 3 aromatic rings. The molecule has 3 heterocycles. The van der Waals surface area contributed by atoms with Crippen LogP contribution in [0.1, 0.15) is 53.5 Å². The molecule has 0 N–H and O–H groups in total. The first kappa shape index (κ1) is 21.8. The molecule has 1 fully saturated rings. The predicted molar refractivity (Wildman–Crippen MR) is 131 cm³/mol. The summed E-state index contributed by atoms with van der Waals surface area (Å²) < 4.78 is 0. The van der Waals surface area contributed by atoms with Crippen molar-refractivity contribution in [3.63, 3.8) is 0 Å². The van der Waals surface area contributed by atoms with E-state index in [1.165, 1.54) is 11.1 Å². The lowest BCUT2D eigenvalue weighted by molar-refractivity contribution is -0.118. The Bertz CT molecular complexity index is 1100. The average Bonchev–Trinajstić information content (AvgIpc) is 3.32. The molecule has 1 aromatic heterocycles. The first-order valence-corrected chi connectivity index (χ1v) is 12.2. The van der Waals surface area contributed by atoms with E-state index in [2.05, 4.69) is 66.4 Å². The van der Waals surface area contributed by atoms with Crippen LogP contribution in [0.3, 0.4) is 0 Å². The van der Waals surface area contributed by atoms with Crippen LogP contribution in [0.15, 0.2) is 60.7 Å².